The minimum Gasteiger partial charge on any atom is -0.295 e. The predicted octanol–water partition coefficient (Wildman–Crippen LogP) is 3.14. The summed E-state index contributed by atoms with van der Waals surface area (Å²) in [6.07, 6.45) is 0. The van der Waals surface area contributed by atoms with E-state index in [2.05, 4.69) is 4.72 Å². The van der Waals surface area contributed by atoms with Gasteiger partial charge in [0.1, 0.15) is 10.7 Å². The van der Waals surface area contributed by atoms with Crippen LogP contribution in [-0.4, -0.2) is 14.2 Å². The number of ketones is 1. The maximum Gasteiger partial charge on any atom is 0.264 e. The second kappa shape index (κ2) is 5.65. The van der Waals surface area contributed by atoms with Gasteiger partial charge in [-0.3, -0.25) is 9.52 Å². The summed E-state index contributed by atoms with van der Waals surface area (Å²) in [6, 6.07) is 9.90. The van der Waals surface area contributed by atoms with E-state index in [9.17, 15) is 17.6 Å². The molecular formula is C15H14FNO3S. The number of halogens is 1. The van der Waals surface area contributed by atoms with Gasteiger partial charge in [0, 0.05) is 11.3 Å². The molecule has 0 saturated carbocycles. The third-order valence-electron chi connectivity index (χ3n) is 2.93. The SMILES string of the molecule is CC(=O)c1ccc(F)c(S(=O)(=O)Nc2ccc(C)cc2)c1. The highest BCUT2D eigenvalue weighted by Gasteiger charge is 2.20. The van der Waals surface area contributed by atoms with Crippen molar-refractivity contribution in [3.8, 4) is 0 Å². The normalized spacial score (nSPS) is 11.2. The third kappa shape index (κ3) is 3.46. The third-order valence-corrected chi connectivity index (χ3v) is 4.33. The Bertz CT molecular complexity index is 783. The molecule has 2 aromatic rings. The zero-order valence-corrected chi connectivity index (χ0v) is 12.4. The van der Waals surface area contributed by atoms with Gasteiger partial charge < -0.3 is 0 Å². The number of Topliss-reactive ketones (excluding diaryl/α,β-unsaturated/α-hetero) is 1. The van der Waals surface area contributed by atoms with Gasteiger partial charge in [-0.2, -0.15) is 0 Å². The van der Waals surface area contributed by atoms with Crippen molar-refractivity contribution in [3.63, 3.8) is 0 Å². The van der Waals surface area contributed by atoms with E-state index in [-0.39, 0.29) is 11.3 Å². The largest absolute Gasteiger partial charge is 0.295 e. The monoisotopic (exact) mass is 307 g/mol. The molecule has 0 aliphatic rings. The Morgan fingerprint density at radius 2 is 1.71 bits per heavy atom. The molecule has 110 valence electrons. The van der Waals surface area contributed by atoms with Crippen molar-refractivity contribution in [2.75, 3.05) is 4.72 Å². The molecule has 0 bridgehead atoms. The van der Waals surface area contributed by atoms with Crippen LogP contribution < -0.4 is 4.72 Å². The quantitative estimate of drug-likeness (QED) is 0.883. The number of carbonyl (C=O) groups excluding carboxylic acids is 1. The van der Waals surface area contributed by atoms with Gasteiger partial charge in [0.15, 0.2) is 5.78 Å². The fourth-order valence-electron chi connectivity index (χ4n) is 1.76. The van der Waals surface area contributed by atoms with E-state index >= 15 is 0 Å². The van der Waals surface area contributed by atoms with Gasteiger partial charge in [-0.1, -0.05) is 17.7 Å². The summed E-state index contributed by atoms with van der Waals surface area (Å²) in [5, 5.41) is 0. The summed E-state index contributed by atoms with van der Waals surface area (Å²) < 4.78 is 40.5. The lowest BCUT2D eigenvalue weighted by Gasteiger charge is -2.10. The molecule has 0 heterocycles. The van der Waals surface area contributed by atoms with E-state index in [0.29, 0.717) is 5.69 Å². The fourth-order valence-corrected chi connectivity index (χ4v) is 2.92. The van der Waals surface area contributed by atoms with Crippen molar-refractivity contribution >= 4 is 21.5 Å². The molecule has 0 atom stereocenters. The smallest absolute Gasteiger partial charge is 0.264 e. The standard InChI is InChI=1S/C15H14FNO3S/c1-10-3-6-13(7-4-10)17-21(19,20)15-9-12(11(2)18)5-8-14(15)16/h3-9,17H,1-2H3. The van der Waals surface area contributed by atoms with Crippen LogP contribution in [-0.2, 0) is 10.0 Å². The molecule has 0 aromatic heterocycles. The molecule has 0 radical (unpaired) electrons. The molecule has 21 heavy (non-hydrogen) atoms. The summed E-state index contributed by atoms with van der Waals surface area (Å²) in [5.41, 5.74) is 1.44. The number of aryl methyl sites for hydroxylation is 1. The highest BCUT2D eigenvalue weighted by Crippen LogP contribution is 2.20. The molecule has 0 spiro atoms. The van der Waals surface area contributed by atoms with Crippen molar-refractivity contribution < 1.29 is 17.6 Å². The van der Waals surface area contributed by atoms with Crippen LogP contribution in [0.5, 0.6) is 0 Å². The first kappa shape index (κ1) is 15.2. The van der Waals surface area contributed by atoms with Gasteiger partial charge >= 0.3 is 0 Å². The van der Waals surface area contributed by atoms with Gasteiger partial charge in [-0.25, -0.2) is 12.8 Å². The molecule has 0 amide bonds. The van der Waals surface area contributed by atoms with Crippen LogP contribution >= 0.6 is 0 Å². The number of sulfonamides is 1. The Morgan fingerprint density at radius 1 is 1.10 bits per heavy atom. The number of rotatable bonds is 4. The van der Waals surface area contributed by atoms with Crippen LogP contribution in [0.3, 0.4) is 0 Å². The molecular weight excluding hydrogens is 293 g/mol. The Balaban J connectivity index is 2.41. The average molecular weight is 307 g/mol. The molecule has 0 aliphatic carbocycles. The highest BCUT2D eigenvalue weighted by atomic mass is 32.2. The molecule has 0 aliphatic heterocycles. The fraction of sp³-hybridized carbons (Fsp3) is 0.133. The molecule has 0 saturated heterocycles. The second-order valence-electron chi connectivity index (χ2n) is 4.67. The number of carbonyl (C=O) groups is 1. The van der Waals surface area contributed by atoms with Gasteiger partial charge in [0.05, 0.1) is 0 Å². The predicted molar refractivity (Wildman–Crippen MR) is 78.4 cm³/mol. The summed E-state index contributed by atoms with van der Waals surface area (Å²) in [6.45, 7) is 3.16. The van der Waals surface area contributed by atoms with Crippen molar-refractivity contribution in [1.29, 1.82) is 0 Å². The summed E-state index contributed by atoms with van der Waals surface area (Å²) in [5.74, 6) is -1.23. The number of hydrogen-bond donors (Lipinski definition) is 1. The van der Waals surface area contributed by atoms with E-state index in [1.807, 2.05) is 6.92 Å². The Hall–Kier alpha value is -2.21. The number of anilines is 1. The first-order valence-corrected chi connectivity index (χ1v) is 7.68. The lowest BCUT2D eigenvalue weighted by molar-refractivity contribution is 0.101. The Morgan fingerprint density at radius 3 is 2.29 bits per heavy atom. The molecule has 2 rings (SSSR count). The Kier molecular flexibility index (Phi) is 4.09. The lowest BCUT2D eigenvalue weighted by Crippen LogP contribution is -2.15. The molecule has 2 aromatic carbocycles. The van der Waals surface area contributed by atoms with Crippen molar-refractivity contribution in [2.24, 2.45) is 0 Å². The highest BCUT2D eigenvalue weighted by molar-refractivity contribution is 7.92. The van der Waals surface area contributed by atoms with E-state index < -0.39 is 20.7 Å². The minimum atomic E-state index is -4.09. The van der Waals surface area contributed by atoms with Crippen LogP contribution in [0, 0.1) is 12.7 Å². The first-order valence-electron chi connectivity index (χ1n) is 6.19. The van der Waals surface area contributed by atoms with Crippen LogP contribution in [0.1, 0.15) is 22.8 Å². The minimum absolute atomic E-state index is 0.140. The van der Waals surface area contributed by atoms with Gasteiger partial charge in [0.2, 0.25) is 0 Å². The lowest BCUT2D eigenvalue weighted by atomic mass is 10.1. The van der Waals surface area contributed by atoms with Crippen LogP contribution in [0.25, 0.3) is 0 Å². The maximum atomic E-state index is 13.8. The van der Waals surface area contributed by atoms with E-state index in [0.717, 1.165) is 17.7 Å². The van der Waals surface area contributed by atoms with E-state index in [1.54, 1.807) is 24.3 Å². The van der Waals surface area contributed by atoms with E-state index in [4.69, 9.17) is 0 Å². The van der Waals surface area contributed by atoms with Crippen molar-refractivity contribution in [2.45, 2.75) is 18.7 Å². The molecule has 0 fully saturated rings. The topological polar surface area (TPSA) is 63.2 Å². The summed E-state index contributed by atoms with van der Waals surface area (Å²) in [7, 11) is -4.09. The van der Waals surface area contributed by atoms with Gasteiger partial charge in [-0.05, 0) is 44.2 Å². The van der Waals surface area contributed by atoms with Crippen molar-refractivity contribution in [1.82, 2.24) is 0 Å². The number of benzene rings is 2. The number of hydrogen-bond acceptors (Lipinski definition) is 3. The van der Waals surface area contributed by atoms with Gasteiger partial charge in [0.25, 0.3) is 10.0 Å². The second-order valence-corrected chi connectivity index (χ2v) is 6.32. The average Bonchev–Trinajstić information content (AvgIpc) is 2.41. The molecule has 6 heteroatoms. The summed E-state index contributed by atoms with van der Waals surface area (Å²) >= 11 is 0. The van der Waals surface area contributed by atoms with Crippen molar-refractivity contribution in [3.05, 3.63) is 59.4 Å². The molecule has 1 N–H and O–H groups in total. The Labute approximate surface area is 122 Å². The first-order chi connectivity index (χ1) is 9.79. The zero-order valence-electron chi connectivity index (χ0n) is 11.6. The molecule has 0 unspecified atom stereocenters. The zero-order chi connectivity index (χ0) is 15.6. The maximum absolute atomic E-state index is 13.8. The van der Waals surface area contributed by atoms with Gasteiger partial charge in [-0.15, -0.1) is 0 Å². The summed E-state index contributed by atoms with van der Waals surface area (Å²) in [4.78, 5) is 10.7. The van der Waals surface area contributed by atoms with Crippen LogP contribution in [0.4, 0.5) is 10.1 Å². The van der Waals surface area contributed by atoms with E-state index in [1.165, 1.54) is 13.0 Å². The number of nitrogens with one attached hydrogen (secondary N) is 1. The molecule has 4 nitrogen and oxygen atoms in total. The van der Waals surface area contributed by atoms with Crippen LogP contribution in [0.2, 0.25) is 0 Å². The van der Waals surface area contributed by atoms with Crippen LogP contribution in [0.15, 0.2) is 47.4 Å².